The number of aliphatic hydroxyl groups excluding tert-OH is 3. The highest BCUT2D eigenvalue weighted by molar-refractivity contribution is 5.98. The first-order valence-electron chi connectivity index (χ1n) is 22.1. The number of hydrogen-bond donors (Lipinski definition) is 13. The van der Waals surface area contributed by atoms with Gasteiger partial charge < -0.3 is 74.0 Å². The summed E-state index contributed by atoms with van der Waals surface area (Å²) in [6.45, 7) is 6.84. The number of carboxylic acid groups (broad SMARTS) is 1. The fraction of sp³-hybridized carbons (Fsp3) is 0.628. The lowest BCUT2D eigenvalue weighted by Crippen LogP contribution is -2.69. The number of rotatable bonds is 27. The molecule has 1 aromatic rings. The highest BCUT2D eigenvalue weighted by Gasteiger charge is 2.41. The van der Waals surface area contributed by atoms with E-state index in [4.69, 9.17) is 5.73 Å². The third-order valence-corrected chi connectivity index (χ3v) is 11.0. The molecule has 0 aliphatic carbocycles. The fourth-order valence-corrected chi connectivity index (χ4v) is 6.99. The van der Waals surface area contributed by atoms with Crippen LogP contribution in [0, 0.1) is 17.8 Å². The number of carboxylic acids is 1. The first kappa shape index (κ1) is 56.9. The molecule has 16 N–H and O–H groups in total. The molecule has 67 heavy (non-hydrogen) atoms. The zero-order valence-corrected chi connectivity index (χ0v) is 38.8. The molecule has 24 heteroatoms. The molecule has 1 aromatic carbocycles. The molecule has 9 amide bonds. The van der Waals surface area contributed by atoms with Crippen LogP contribution in [0.25, 0.3) is 0 Å². The monoisotopic (exact) mass is 949 g/mol. The molecule has 0 bridgehead atoms. The van der Waals surface area contributed by atoms with Crippen molar-refractivity contribution in [1.82, 2.24) is 42.1 Å². The number of amides is 9. The number of benzene rings is 1. The lowest BCUT2D eigenvalue weighted by Gasteiger charge is -2.32. The summed E-state index contributed by atoms with van der Waals surface area (Å²) < 4.78 is 0. The molecule has 1 heterocycles. The second kappa shape index (κ2) is 27.4. The average Bonchev–Trinajstić information content (AvgIpc) is 3.78. The van der Waals surface area contributed by atoms with Gasteiger partial charge in [0.1, 0.15) is 48.3 Å². The van der Waals surface area contributed by atoms with Crippen LogP contribution in [0.2, 0.25) is 0 Å². The number of nitrogens with one attached hydrogen (secondary N) is 7. The predicted molar refractivity (Wildman–Crippen MR) is 237 cm³/mol. The van der Waals surface area contributed by atoms with Gasteiger partial charge in [-0.2, -0.15) is 0 Å². The number of likely N-dealkylation sites (tertiary alicyclic amines) is 1. The molecule has 0 saturated carbocycles. The number of carbonyl (C=O) groups is 10. The molecule has 1 saturated heterocycles. The third-order valence-electron chi connectivity index (χ3n) is 11.0. The summed E-state index contributed by atoms with van der Waals surface area (Å²) in [6, 6.07) is -3.83. The Balaban J connectivity index is 2.26. The summed E-state index contributed by atoms with van der Waals surface area (Å²) in [7, 11) is 0. The number of nitrogens with zero attached hydrogens (tertiary/aromatic N) is 1. The summed E-state index contributed by atoms with van der Waals surface area (Å²) in [5, 5.41) is 56.1. The van der Waals surface area contributed by atoms with Crippen molar-refractivity contribution in [2.75, 3.05) is 26.4 Å². The summed E-state index contributed by atoms with van der Waals surface area (Å²) in [6.07, 6.45) is 0.411. The Kier molecular flexibility index (Phi) is 23.3. The maximum absolute atomic E-state index is 14.2. The third kappa shape index (κ3) is 17.5. The molecule has 2 rings (SSSR count). The van der Waals surface area contributed by atoms with E-state index in [0.717, 1.165) is 0 Å². The molecule has 1 fully saturated rings. The van der Waals surface area contributed by atoms with Crippen LogP contribution in [0.1, 0.15) is 72.8 Å². The van der Waals surface area contributed by atoms with E-state index >= 15 is 0 Å². The van der Waals surface area contributed by atoms with E-state index in [9.17, 15) is 68.4 Å². The van der Waals surface area contributed by atoms with Crippen LogP contribution >= 0.6 is 0 Å². The number of nitrogens with two attached hydrogens (primary N) is 1. The summed E-state index contributed by atoms with van der Waals surface area (Å²) in [5.41, 5.74) is 9.51. The number of quaternary nitrogens is 1. The number of hydrogen-bond acceptors (Lipinski definition) is 13. The molecule has 24 nitrogen and oxygen atoms in total. The number of carbonyl (C=O) groups excluding carboxylic acids is 9. The van der Waals surface area contributed by atoms with Gasteiger partial charge in [0, 0.05) is 25.8 Å². The minimum Gasteiger partial charge on any atom is -0.480 e. The van der Waals surface area contributed by atoms with Gasteiger partial charge in [-0.1, -0.05) is 71.9 Å². The van der Waals surface area contributed by atoms with Gasteiger partial charge in [-0.15, -0.1) is 0 Å². The molecular weight excluding hydrogens is 881 g/mol. The molecule has 374 valence electrons. The summed E-state index contributed by atoms with van der Waals surface area (Å²) in [5.74, 6) is -10.4. The number of aliphatic carboxylic acids is 1. The van der Waals surface area contributed by atoms with Gasteiger partial charge in [0.05, 0.1) is 19.8 Å². The Morgan fingerprint density at radius 2 is 1.07 bits per heavy atom. The standard InChI is InChI=1S/C43H68N10O14/c1-21(2)32(50-35(58)25(44)14-15-31(45)57)41(64)51-33(22(3)4)42(65)53-16-10-13-30(53)40(63)46-26(17-24-11-8-7-9-12-24)36(59)47-27(18-54)37(60)48-28(19-55)38(61)49-29(20-56)39(62)52-34(23(5)6)43(66)67/h7-9,11-12,21-23,25-30,32-34,54-56H,10,13-20,44H2,1-6H3,(H2,45,57)(H,46,63)(H,47,59)(H,48,60)(H,49,61)(H,50,58)(H,51,64)(H,52,62)(H,66,67)/p+1/t25-,26-,27-,28-,29-,30-,32-,33-,34-/m0/s1. The van der Waals surface area contributed by atoms with E-state index < -0.39 is 151 Å². The van der Waals surface area contributed by atoms with Gasteiger partial charge in [-0.05, 0) is 36.2 Å². The zero-order valence-electron chi connectivity index (χ0n) is 38.8. The lowest BCUT2D eigenvalue weighted by atomic mass is 9.98. The van der Waals surface area contributed by atoms with Gasteiger partial charge in [-0.3, -0.25) is 43.2 Å². The minimum atomic E-state index is -1.79. The van der Waals surface area contributed by atoms with Gasteiger partial charge in [0.2, 0.25) is 47.3 Å². The van der Waals surface area contributed by atoms with Crippen LogP contribution in [0.3, 0.4) is 0 Å². The van der Waals surface area contributed by atoms with Gasteiger partial charge in [0.25, 0.3) is 5.91 Å². The van der Waals surface area contributed by atoms with Crippen molar-refractivity contribution in [3.05, 3.63) is 35.9 Å². The second-order valence-corrected chi connectivity index (χ2v) is 17.4. The Morgan fingerprint density at radius 1 is 0.627 bits per heavy atom. The van der Waals surface area contributed by atoms with Gasteiger partial charge in [0.15, 0.2) is 6.04 Å². The molecule has 9 atom stereocenters. The quantitative estimate of drug-likeness (QED) is 0.0392. The average molecular weight is 950 g/mol. The van der Waals surface area contributed by atoms with Crippen molar-refractivity contribution >= 4 is 59.1 Å². The highest BCUT2D eigenvalue weighted by atomic mass is 16.4. The second-order valence-electron chi connectivity index (χ2n) is 17.4. The van der Waals surface area contributed by atoms with Crippen LogP contribution < -0.4 is 48.7 Å². The van der Waals surface area contributed by atoms with Crippen molar-refractivity contribution in [2.45, 2.75) is 128 Å². The number of aliphatic hydroxyl groups is 3. The van der Waals surface area contributed by atoms with Crippen LogP contribution in [-0.4, -0.2) is 165 Å². The lowest BCUT2D eigenvalue weighted by molar-refractivity contribution is -0.405. The largest absolute Gasteiger partial charge is 0.480 e. The van der Waals surface area contributed by atoms with E-state index in [1.165, 1.54) is 18.7 Å². The molecule has 0 aromatic heterocycles. The van der Waals surface area contributed by atoms with E-state index in [1.54, 1.807) is 58.0 Å². The Hall–Kier alpha value is -6.24. The first-order chi connectivity index (χ1) is 31.5. The molecule has 0 spiro atoms. The van der Waals surface area contributed by atoms with Gasteiger partial charge in [-0.25, -0.2) is 4.79 Å². The van der Waals surface area contributed by atoms with Crippen molar-refractivity contribution in [1.29, 1.82) is 0 Å². The molecule has 0 radical (unpaired) electrons. The van der Waals surface area contributed by atoms with Crippen LogP contribution in [0.4, 0.5) is 0 Å². The topological polar surface area (TPSA) is 393 Å². The Labute approximate surface area is 388 Å². The van der Waals surface area contributed by atoms with E-state index in [0.29, 0.717) is 12.0 Å². The Morgan fingerprint density at radius 3 is 1.52 bits per heavy atom. The normalized spacial score (nSPS) is 17.1. The van der Waals surface area contributed by atoms with Gasteiger partial charge >= 0.3 is 5.97 Å². The molecule has 0 unspecified atom stereocenters. The Bertz CT molecular complexity index is 1900. The van der Waals surface area contributed by atoms with Crippen molar-refractivity contribution < 1.29 is 74.1 Å². The van der Waals surface area contributed by atoms with Crippen molar-refractivity contribution in [2.24, 2.45) is 23.5 Å². The minimum absolute atomic E-state index is 0.0614. The SMILES string of the molecule is CC(C)[C@H](NC(=O)[C@H](CO)NC(=O)[C@H](CO)NC(=O)[C@H](CO)NC(=O)[C@H](Cc1ccccc1)NC(=O)[C@@H]1CCCN1C(=O)[C@@H](NC(=O)[C@@H](NC(=O)[C@@H]([NH3+])CCC(N)=O)C(C)C)C(C)C)C(=O)O. The van der Waals surface area contributed by atoms with E-state index in [2.05, 4.69) is 43.0 Å². The summed E-state index contributed by atoms with van der Waals surface area (Å²) in [4.78, 5) is 132. The highest BCUT2D eigenvalue weighted by Crippen LogP contribution is 2.21. The van der Waals surface area contributed by atoms with E-state index in [-0.39, 0.29) is 32.2 Å². The van der Waals surface area contributed by atoms with Crippen molar-refractivity contribution in [3.63, 3.8) is 0 Å². The molecule has 1 aliphatic heterocycles. The van der Waals surface area contributed by atoms with Crippen LogP contribution in [-0.2, 0) is 54.4 Å². The maximum atomic E-state index is 14.2. The number of primary amides is 1. The van der Waals surface area contributed by atoms with Crippen LogP contribution in [0.15, 0.2) is 30.3 Å². The van der Waals surface area contributed by atoms with Crippen molar-refractivity contribution in [3.8, 4) is 0 Å². The van der Waals surface area contributed by atoms with Crippen LogP contribution in [0.5, 0.6) is 0 Å². The maximum Gasteiger partial charge on any atom is 0.326 e. The summed E-state index contributed by atoms with van der Waals surface area (Å²) >= 11 is 0. The zero-order chi connectivity index (χ0) is 50.7. The predicted octanol–water partition coefficient (Wildman–Crippen LogP) is -5.48. The first-order valence-corrected chi connectivity index (χ1v) is 22.1. The fourth-order valence-electron chi connectivity index (χ4n) is 6.99. The molecule has 1 aliphatic rings. The smallest absolute Gasteiger partial charge is 0.326 e. The van der Waals surface area contributed by atoms with E-state index in [1.807, 2.05) is 0 Å². The molecular formula is C43H69N10O14+.